The second-order valence-corrected chi connectivity index (χ2v) is 6.00. The van der Waals surface area contributed by atoms with Crippen molar-refractivity contribution in [2.45, 2.75) is 44.2 Å². The van der Waals surface area contributed by atoms with E-state index >= 15 is 0 Å². The van der Waals surface area contributed by atoms with Crippen molar-refractivity contribution in [1.82, 2.24) is 4.90 Å². The second kappa shape index (κ2) is 7.24. The Hall–Kier alpha value is -0.420. The molecule has 1 aliphatic carbocycles. The molecule has 0 bridgehead atoms. The molecule has 1 unspecified atom stereocenters. The molecule has 3 N–H and O–H groups in total. The van der Waals surface area contributed by atoms with Crippen LogP contribution in [-0.4, -0.2) is 35.7 Å². The third kappa shape index (κ3) is 3.32. The van der Waals surface area contributed by atoms with E-state index in [1.54, 1.807) is 11.3 Å². The molecule has 1 aromatic heterocycles. The minimum absolute atomic E-state index is 0.221. The van der Waals surface area contributed by atoms with E-state index in [0.29, 0.717) is 12.6 Å². The number of hydrogen-bond acceptors (Lipinski definition) is 4. The van der Waals surface area contributed by atoms with Gasteiger partial charge in [0.15, 0.2) is 0 Å². The van der Waals surface area contributed by atoms with Crippen LogP contribution in [0.1, 0.15) is 43.0 Å². The largest absolute Gasteiger partial charge is 0.395 e. The van der Waals surface area contributed by atoms with Gasteiger partial charge in [-0.1, -0.05) is 25.3 Å². The van der Waals surface area contributed by atoms with Gasteiger partial charge in [0, 0.05) is 24.0 Å². The Labute approximate surface area is 114 Å². The van der Waals surface area contributed by atoms with Gasteiger partial charge < -0.3 is 10.8 Å². The van der Waals surface area contributed by atoms with Crippen molar-refractivity contribution in [1.29, 1.82) is 0 Å². The lowest BCUT2D eigenvalue weighted by molar-refractivity contribution is 0.0844. The van der Waals surface area contributed by atoms with Crippen molar-refractivity contribution in [3.63, 3.8) is 0 Å². The second-order valence-electron chi connectivity index (χ2n) is 5.02. The molecule has 0 aliphatic heterocycles. The molecule has 1 heterocycles. The molecule has 102 valence electrons. The third-order valence-electron chi connectivity index (χ3n) is 3.90. The molecule has 0 saturated heterocycles. The van der Waals surface area contributed by atoms with Gasteiger partial charge in [-0.15, -0.1) is 11.3 Å². The first-order valence-electron chi connectivity index (χ1n) is 6.97. The van der Waals surface area contributed by atoms with Crippen LogP contribution in [0.15, 0.2) is 17.5 Å². The zero-order valence-electron chi connectivity index (χ0n) is 10.9. The summed E-state index contributed by atoms with van der Waals surface area (Å²) in [7, 11) is 0. The van der Waals surface area contributed by atoms with Gasteiger partial charge in [-0.25, -0.2) is 0 Å². The van der Waals surface area contributed by atoms with Gasteiger partial charge in [0.2, 0.25) is 0 Å². The van der Waals surface area contributed by atoms with Crippen LogP contribution in [0.5, 0.6) is 0 Å². The Balaban J connectivity index is 2.11. The summed E-state index contributed by atoms with van der Waals surface area (Å²) < 4.78 is 0. The molecule has 1 fully saturated rings. The van der Waals surface area contributed by atoms with E-state index < -0.39 is 0 Å². The van der Waals surface area contributed by atoms with Crippen LogP contribution in [0.3, 0.4) is 0 Å². The maximum absolute atomic E-state index is 9.33. The predicted molar refractivity (Wildman–Crippen MR) is 76.8 cm³/mol. The standard InChI is InChI=1S/C14H24N2OS/c15-11-13(14-7-4-10-18-14)16(8-9-17)12-5-2-1-3-6-12/h4,7,10,12-13,17H,1-3,5-6,8-9,11,15H2. The summed E-state index contributed by atoms with van der Waals surface area (Å²) in [5.41, 5.74) is 5.99. The first-order valence-corrected chi connectivity index (χ1v) is 7.85. The number of rotatable bonds is 6. The molecular formula is C14H24N2OS. The number of thiophene rings is 1. The fraction of sp³-hybridized carbons (Fsp3) is 0.714. The Kier molecular flexibility index (Phi) is 5.63. The molecule has 4 heteroatoms. The lowest BCUT2D eigenvalue weighted by Gasteiger charge is -2.39. The van der Waals surface area contributed by atoms with Gasteiger partial charge in [0.25, 0.3) is 0 Å². The summed E-state index contributed by atoms with van der Waals surface area (Å²) in [6.45, 7) is 1.60. The molecular weight excluding hydrogens is 244 g/mol. The molecule has 3 nitrogen and oxygen atoms in total. The van der Waals surface area contributed by atoms with Crippen LogP contribution in [-0.2, 0) is 0 Å². The zero-order valence-corrected chi connectivity index (χ0v) is 11.7. The summed E-state index contributed by atoms with van der Waals surface area (Å²) in [4.78, 5) is 3.77. The van der Waals surface area contributed by atoms with Crippen molar-refractivity contribution >= 4 is 11.3 Å². The smallest absolute Gasteiger partial charge is 0.0567 e. The Morgan fingerprint density at radius 1 is 1.39 bits per heavy atom. The highest BCUT2D eigenvalue weighted by Crippen LogP contribution is 2.31. The molecule has 1 atom stereocenters. The van der Waals surface area contributed by atoms with E-state index in [4.69, 9.17) is 5.73 Å². The van der Waals surface area contributed by atoms with E-state index in [9.17, 15) is 5.11 Å². The van der Waals surface area contributed by atoms with Crippen LogP contribution in [0.2, 0.25) is 0 Å². The van der Waals surface area contributed by atoms with Crippen molar-refractivity contribution < 1.29 is 5.11 Å². The fourth-order valence-electron chi connectivity index (χ4n) is 3.02. The molecule has 0 amide bonds. The zero-order chi connectivity index (χ0) is 12.8. The quantitative estimate of drug-likeness (QED) is 0.833. The Bertz CT molecular complexity index is 323. The molecule has 1 aromatic rings. The number of hydrogen-bond donors (Lipinski definition) is 2. The van der Waals surface area contributed by atoms with Gasteiger partial charge in [-0.3, -0.25) is 4.90 Å². The highest BCUT2D eigenvalue weighted by atomic mass is 32.1. The number of nitrogens with zero attached hydrogens (tertiary/aromatic N) is 1. The molecule has 1 aliphatic rings. The van der Waals surface area contributed by atoms with Gasteiger partial charge >= 0.3 is 0 Å². The van der Waals surface area contributed by atoms with Gasteiger partial charge in [0.1, 0.15) is 0 Å². The molecule has 1 saturated carbocycles. The van der Waals surface area contributed by atoms with Crippen LogP contribution < -0.4 is 5.73 Å². The van der Waals surface area contributed by atoms with Gasteiger partial charge in [-0.2, -0.15) is 0 Å². The summed E-state index contributed by atoms with van der Waals surface area (Å²) in [6, 6.07) is 5.12. The minimum Gasteiger partial charge on any atom is -0.395 e. The highest BCUT2D eigenvalue weighted by molar-refractivity contribution is 7.10. The van der Waals surface area contributed by atoms with E-state index in [1.165, 1.54) is 37.0 Å². The number of nitrogens with two attached hydrogens (primary N) is 1. The molecule has 0 spiro atoms. The van der Waals surface area contributed by atoms with E-state index in [2.05, 4.69) is 22.4 Å². The molecule has 0 radical (unpaired) electrons. The van der Waals surface area contributed by atoms with Crippen LogP contribution in [0.25, 0.3) is 0 Å². The lowest BCUT2D eigenvalue weighted by atomic mass is 9.93. The number of aliphatic hydroxyl groups is 1. The fourth-order valence-corrected chi connectivity index (χ4v) is 3.88. The molecule has 2 rings (SSSR count). The SMILES string of the molecule is NCC(c1cccs1)N(CCO)C1CCCCC1. The number of aliphatic hydroxyl groups excluding tert-OH is 1. The average molecular weight is 268 g/mol. The summed E-state index contributed by atoms with van der Waals surface area (Å²) in [5, 5.41) is 11.4. The Morgan fingerprint density at radius 2 is 2.17 bits per heavy atom. The van der Waals surface area contributed by atoms with E-state index in [0.717, 1.165) is 6.54 Å². The molecule has 18 heavy (non-hydrogen) atoms. The van der Waals surface area contributed by atoms with Crippen LogP contribution in [0.4, 0.5) is 0 Å². The Morgan fingerprint density at radius 3 is 2.72 bits per heavy atom. The average Bonchev–Trinajstić information content (AvgIpc) is 2.94. The summed E-state index contributed by atoms with van der Waals surface area (Å²) in [6.07, 6.45) is 6.49. The first kappa shape index (κ1) is 14.0. The van der Waals surface area contributed by atoms with Crippen LogP contribution in [0, 0.1) is 0 Å². The third-order valence-corrected chi connectivity index (χ3v) is 4.87. The normalized spacial score (nSPS) is 19.3. The van der Waals surface area contributed by atoms with Crippen molar-refractivity contribution in [2.24, 2.45) is 5.73 Å². The van der Waals surface area contributed by atoms with Gasteiger partial charge in [-0.05, 0) is 24.3 Å². The lowest BCUT2D eigenvalue weighted by Crippen LogP contribution is -2.43. The topological polar surface area (TPSA) is 49.5 Å². The van der Waals surface area contributed by atoms with Crippen LogP contribution >= 0.6 is 11.3 Å². The monoisotopic (exact) mass is 268 g/mol. The van der Waals surface area contributed by atoms with Crippen molar-refractivity contribution in [2.75, 3.05) is 19.7 Å². The van der Waals surface area contributed by atoms with Crippen molar-refractivity contribution in [3.05, 3.63) is 22.4 Å². The van der Waals surface area contributed by atoms with Crippen molar-refractivity contribution in [3.8, 4) is 0 Å². The highest BCUT2D eigenvalue weighted by Gasteiger charge is 2.27. The summed E-state index contributed by atoms with van der Waals surface area (Å²) >= 11 is 1.77. The van der Waals surface area contributed by atoms with E-state index in [-0.39, 0.29) is 12.6 Å². The predicted octanol–water partition coefficient (Wildman–Crippen LogP) is 2.37. The summed E-state index contributed by atoms with van der Waals surface area (Å²) in [5.74, 6) is 0. The van der Waals surface area contributed by atoms with E-state index in [1.807, 2.05) is 0 Å². The minimum atomic E-state index is 0.221. The maximum atomic E-state index is 9.33. The van der Waals surface area contributed by atoms with Gasteiger partial charge in [0.05, 0.1) is 12.6 Å². The molecule has 0 aromatic carbocycles. The first-order chi connectivity index (χ1) is 8.86. The maximum Gasteiger partial charge on any atom is 0.0567 e.